The van der Waals surface area contributed by atoms with Gasteiger partial charge in [-0.15, -0.1) is 0 Å². The molecule has 2 unspecified atom stereocenters. The van der Waals surface area contributed by atoms with Crippen molar-refractivity contribution < 1.29 is 37.7 Å². The Labute approximate surface area is 138 Å². The lowest BCUT2D eigenvalue weighted by atomic mass is 9.48. The van der Waals surface area contributed by atoms with Crippen LogP contribution in [0.2, 0.25) is 0 Å². The van der Waals surface area contributed by atoms with Gasteiger partial charge in [0, 0.05) is 12.3 Å². The first-order valence-corrected chi connectivity index (χ1v) is 8.16. The third-order valence-electron chi connectivity index (χ3n) is 5.37. The molecule has 8 heteroatoms. The Balaban J connectivity index is 1.44. The Hall–Kier alpha value is -1.44. The van der Waals surface area contributed by atoms with E-state index in [4.69, 9.17) is 4.74 Å². The molecule has 4 aliphatic rings. The number of carbonyl (C=O) groups is 2. The SMILES string of the molecule is CC(F)(F)C(=O)OCOC(=O)OCC12CC3CC(CC(O)(C3)C1)C2. The molecule has 4 rings (SSSR count). The number of carbonyl (C=O) groups excluding carboxylic acids is 2. The van der Waals surface area contributed by atoms with Gasteiger partial charge >= 0.3 is 18.0 Å². The topological polar surface area (TPSA) is 82.1 Å². The fourth-order valence-corrected chi connectivity index (χ4v) is 5.08. The zero-order valence-electron chi connectivity index (χ0n) is 13.6. The van der Waals surface area contributed by atoms with Gasteiger partial charge in [0.25, 0.3) is 0 Å². The summed E-state index contributed by atoms with van der Waals surface area (Å²) in [4.78, 5) is 22.4. The lowest BCUT2D eigenvalue weighted by Gasteiger charge is -2.59. The number of halogens is 2. The maximum atomic E-state index is 12.6. The van der Waals surface area contributed by atoms with Gasteiger partial charge in [0.05, 0.1) is 5.60 Å². The molecule has 1 N–H and O–H groups in total. The normalized spacial score (nSPS) is 37.2. The highest BCUT2D eigenvalue weighted by Crippen LogP contribution is 2.61. The van der Waals surface area contributed by atoms with E-state index in [9.17, 15) is 23.5 Å². The molecule has 0 aromatic rings. The summed E-state index contributed by atoms with van der Waals surface area (Å²) in [6.45, 7) is -0.395. The van der Waals surface area contributed by atoms with Crippen molar-refractivity contribution in [3.05, 3.63) is 0 Å². The number of esters is 1. The first-order chi connectivity index (χ1) is 11.1. The molecular formula is C16H22F2O6. The highest BCUT2D eigenvalue weighted by atomic mass is 19.3. The summed E-state index contributed by atoms with van der Waals surface area (Å²) < 4.78 is 38.9. The molecule has 0 amide bonds. The molecule has 4 fully saturated rings. The van der Waals surface area contributed by atoms with E-state index in [1.807, 2.05) is 0 Å². The lowest BCUT2D eigenvalue weighted by molar-refractivity contribution is -0.184. The Bertz CT molecular complexity index is 515. The molecule has 4 aliphatic carbocycles. The summed E-state index contributed by atoms with van der Waals surface area (Å²) in [6, 6.07) is 0. The zero-order valence-corrected chi connectivity index (χ0v) is 13.6. The first-order valence-electron chi connectivity index (χ1n) is 8.16. The van der Waals surface area contributed by atoms with Gasteiger partial charge in [0.2, 0.25) is 6.79 Å². The molecule has 0 saturated heterocycles. The van der Waals surface area contributed by atoms with E-state index < -0.39 is 30.4 Å². The van der Waals surface area contributed by atoms with E-state index in [1.54, 1.807) is 0 Å². The molecule has 4 saturated carbocycles. The summed E-state index contributed by atoms with van der Waals surface area (Å²) in [5.41, 5.74) is -0.884. The smallest absolute Gasteiger partial charge is 0.434 e. The minimum atomic E-state index is -3.64. The van der Waals surface area contributed by atoms with Crippen LogP contribution >= 0.6 is 0 Å². The fourth-order valence-electron chi connectivity index (χ4n) is 5.08. The molecule has 0 spiro atoms. The van der Waals surface area contributed by atoms with Crippen molar-refractivity contribution in [1.29, 1.82) is 0 Å². The third-order valence-corrected chi connectivity index (χ3v) is 5.37. The number of alkyl halides is 2. The van der Waals surface area contributed by atoms with Crippen LogP contribution in [0, 0.1) is 17.3 Å². The molecule has 0 radical (unpaired) electrons. The number of rotatable bonds is 5. The van der Waals surface area contributed by atoms with Gasteiger partial charge in [0.15, 0.2) is 0 Å². The van der Waals surface area contributed by atoms with Crippen molar-refractivity contribution >= 4 is 12.1 Å². The summed E-state index contributed by atoms with van der Waals surface area (Å²) >= 11 is 0. The van der Waals surface area contributed by atoms with Crippen LogP contribution in [-0.2, 0) is 19.0 Å². The highest BCUT2D eigenvalue weighted by Gasteiger charge is 2.57. The van der Waals surface area contributed by atoms with Crippen molar-refractivity contribution in [2.75, 3.05) is 13.4 Å². The molecule has 2 atom stereocenters. The van der Waals surface area contributed by atoms with Crippen molar-refractivity contribution in [1.82, 2.24) is 0 Å². The van der Waals surface area contributed by atoms with Crippen molar-refractivity contribution in [3.8, 4) is 0 Å². The molecule has 0 aromatic carbocycles. The van der Waals surface area contributed by atoms with Crippen LogP contribution in [0.5, 0.6) is 0 Å². The van der Waals surface area contributed by atoms with Crippen molar-refractivity contribution in [2.45, 2.75) is 57.0 Å². The predicted octanol–water partition coefficient (Wildman–Crippen LogP) is 2.63. The van der Waals surface area contributed by atoms with Crippen LogP contribution < -0.4 is 0 Å². The summed E-state index contributed by atoms with van der Waals surface area (Å²) in [6.07, 6.45) is 4.12. The van der Waals surface area contributed by atoms with Crippen molar-refractivity contribution in [2.24, 2.45) is 17.3 Å². The molecule has 0 heterocycles. The minimum absolute atomic E-state index is 0.124. The van der Waals surface area contributed by atoms with Crippen LogP contribution in [0.3, 0.4) is 0 Å². The average molecular weight is 348 g/mol. The largest absolute Gasteiger partial charge is 0.511 e. The second kappa shape index (κ2) is 5.82. The summed E-state index contributed by atoms with van der Waals surface area (Å²) in [7, 11) is 0. The number of aliphatic hydroxyl groups is 1. The molecular weight excluding hydrogens is 326 g/mol. The number of ether oxygens (including phenoxy) is 3. The van der Waals surface area contributed by atoms with Gasteiger partial charge in [-0.1, -0.05) is 0 Å². The molecule has 0 aromatic heterocycles. The van der Waals surface area contributed by atoms with Gasteiger partial charge in [-0.3, -0.25) is 0 Å². The van der Waals surface area contributed by atoms with Crippen LogP contribution in [-0.4, -0.2) is 42.2 Å². The quantitative estimate of drug-likeness (QED) is 0.607. The molecule has 4 bridgehead atoms. The van der Waals surface area contributed by atoms with Gasteiger partial charge in [-0.05, 0) is 50.4 Å². The Kier molecular flexibility index (Phi) is 4.22. The third kappa shape index (κ3) is 3.63. The molecule has 136 valence electrons. The Morgan fingerprint density at radius 2 is 1.75 bits per heavy atom. The number of hydrogen-bond acceptors (Lipinski definition) is 6. The standard InChI is InChI=1S/C16H22F2O6/c1-14(17,18)12(19)23-9-24-13(20)22-8-15-3-10-2-11(4-15)6-16(21,5-10)7-15/h10-11,21H,2-9H2,1H3. The first kappa shape index (κ1) is 17.4. The minimum Gasteiger partial charge on any atom is -0.434 e. The second-order valence-corrected chi connectivity index (χ2v) is 7.81. The monoisotopic (exact) mass is 348 g/mol. The van der Waals surface area contributed by atoms with Crippen molar-refractivity contribution in [3.63, 3.8) is 0 Å². The van der Waals surface area contributed by atoms with E-state index >= 15 is 0 Å². The summed E-state index contributed by atoms with van der Waals surface area (Å²) in [5.74, 6) is -4.48. The Morgan fingerprint density at radius 1 is 1.12 bits per heavy atom. The average Bonchev–Trinajstić information content (AvgIpc) is 2.41. The van der Waals surface area contributed by atoms with Gasteiger partial charge < -0.3 is 19.3 Å². The zero-order chi connectivity index (χ0) is 17.6. The number of hydrogen-bond donors (Lipinski definition) is 1. The van der Waals surface area contributed by atoms with E-state index in [-0.39, 0.29) is 12.0 Å². The van der Waals surface area contributed by atoms with Gasteiger partial charge in [-0.2, -0.15) is 8.78 Å². The van der Waals surface area contributed by atoms with Crippen LogP contribution in [0.4, 0.5) is 13.6 Å². The maximum absolute atomic E-state index is 12.6. The second-order valence-electron chi connectivity index (χ2n) is 7.81. The van der Waals surface area contributed by atoms with E-state index in [0.717, 1.165) is 32.1 Å². The maximum Gasteiger partial charge on any atom is 0.511 e. The van der Waals surface area contributed by atoms with Crippen LogP contribution in [0.1, 0.15) is 45.4 Å². The predicted molar refractivity (Wildman–Crippen MR) is 76.1 cm³/mol. The molecule has 0 aliphatic heterocycles. The van der Waals surface area contributed by atoms with E-state index in [0.29, 0.717) is 25.2 Å². The van der Waals surface area contributed by atoms with Crippen LogP contribution in [0.15, 0.2) is 0 Å². The fraction of sp³-hybridized carbons (Fsp3) is 0.875. The van der Waals surface area contributed by atoms with Crippen LogP contribution in [0.25, 0.3) is 0 Å². The molecule has 6 nitrogen and oxygen atoms in total. The highest BCUT2D eigenvalue weighted by molar-refractivity contribution is 5.76. The summed E-state index contributed by atoms with van der Waals surface area (Å²) in [5, 5.41) is 10.6. The van der Waals surface area contributed by atoms with E-state index in [1.165, 1.54) is 0 Å². The molecule has 24 heavy (non-hydrogen) atoms. The lowest BCUT2D eigenvalue weighted by Crippen LogP contribution is -2.57. The van der Waals surface area contributed by atoms with E-state index in [2.05, 4.69) is 9.47 Å². The van der Waals surface area contributed by atoms with Gasteiger partial charge in [0.1, 0.15) is 6.61 Å². The Morgan fingerprint density at radius 3 is 2.29 bits per heavy atom. The van der Waals surface area contributed by atoms with Gasteiger partial charge in [-0.25, -0.2) is 9.59 Å².